The highest BCUT2D eigenvalue weighted by atomic mass is 16.5. The van der Waals surface area contributed by atoms with Gasteiger partial charge in [0.15, 0.2) is 0 Å². The summed E-state index contributed by atoms with van der Waals surface area (Å²) in [7, 11) is 0. The molecule has 0 aliphatic heterocycles. The molecule has 0 amide bonds. The van der Waals surface area contributed by atoms with E-state index in [-0.39, 0.29) is 5.97 Å². The minimum absolute atomic E-state index is 0.298. The fourth-order valence-electron chi connectivity index (χ4n) is 2.32. The molecule has 0 unspecified atom stereocenters. The molecule has 1 aromatic heterocycles. The number of carbonyl (C=O) groups excluding carboxylic acids is 1. The van der Waals surface area contributed by atoms with E-state index >= 15 is 0 Å². The number of aromatic nitrogens is 1. The Bertz CT molecular complexity index is 756. The molecule has 90 valence electrons. The molecule has 0 saturated carbocycles. The van der Waals surface area contributed by atoms with Gasteiger partial charge in [-0.2, -0.15) is 0 Å². The molecule has 0 aliphatic rings. The number of aryl methyl sites for hydroxylation is 1. The molecule has 3 nitrogen and oxygen atoms in total. The maximum Gasteiger partial charge on any atom is 0.308 e. The Morgan fingerprint density at radius 2 is 1.94 bits per heavy atom. The molecule has 0 saturated heterocycles. The summed E-state index contributed by atoms with van der Waals surface area (Å²) in [5, 5.41) is 2.23. The number of esters is 1. The highest BCUT2D eigenvalue weighted by molar-refractivity contribution is 6.08. The number of H-pyrrole nitrogens is 1. The van der Waals surface area contributed by atoms with Crippen LogP contribution in [0.25, 0.3) is 21.8 Å². The summed E-state index contributed by atoms with van der Waals surface area (Å²) in [5.41, 5.74) is 3.25. The van der Waals surface area contributed by atoms with Crippen molar-refractivity contribution >= 4 is 27.8 Å². The van der Waals surface area contributed by atoms with Crippen molar-refractivity contribution in [2.24, 2.45) is 0 Å². The van der Waals surface area contributed by atoms with E-state index in [1.54, 1.807) is 0 Å². The SMILES string of the molecule is CC(=O)Oc1cc(C)c2[nH]c3ccccc3c2c1. The van der Waals surface area contributed by atoms with E-state index in [1.165, 1.54) is 6.92 Å². The Hall–Kier alpha value is -2.29. The molecule has 18 heavy (non-hydrogen) atoms. The smallest absolute Gasteiger partial charge is 0.308 e. The van der Waals surface area contributed by atoms with Gasteiger partial charge in [-0.05, 0) is 30.7 Å². The summed E-state index contributed by atoms with van der Waals surface area (Å²) >= 11 is 0. The molecule has 0 spiro atoms. The molecule has 0 atom stereocenters. The van der Waals surface area contributed by atoms with Gasteiger partial charge >= 0.3 is 5.97 Å². The van der Waals surface area contributed by atoms with Crippen LogP contribution in [0.5, 0.6) is 5.75 Å². The Balaban J connectivity index is 2.33. The number of ether oxygens (including phenoxy) is 1. The van der Waals surface area contributed by atoms with Crippen LogP contribution in [-0.4, -0.2) is 11.0 Å². The van der Waals surface area contributed by atoms with E-state index in [1.807, 2.05) is 37.3 Å². The lowest BCUT2D eigenvalue weighted by Gasteiger charge is -2.03. The first-order valence-corrected chi connectivity index (χ1v) is 5.84. The van der Waals surface area contributed by atoms with E-state index in [4.69, 9.17) is 4.74 Å². The number of para-hydroxylation sites is 1. The fraction of sp³-hybridized carbons (Fsp3) is 0.133. The lowest BCUT2D eigenvalue weighted by atomic mass is 10.1. The summed E-state index contributed by atoms with van der Waals surface area (Å²) in [5.74, 6) is 0.297. The van der Waals surface area contributed by atoms with Gasteiger partial charge in [-0.1, -0.05) is 18.2 Å². The van der Waals surface area contributed by atoms with Crippen molar-refractivity contribution < 1.29 is 9.53 Å². The summed E-state index contributed by atoms with van der Waals surface area (Å²) < 4.78 is 5.17. The Labute approximate surface area is 104 Å². The zero-order chi connectivity index (χ0) is 12.7. The van der Waals surface area contributed by atoms with Gasteiger partial charge in [-0.15, -0.1) is 0 Å². The number of carbonyl (C=O) groups is 1. The number of nitrogens with one attached hydrogen (secondary N) is 1. The first kappa shape index (κ1) is 10.8. The zero-order valence-electron chi connectivity index (χ0n) is 10.3. The van der Waals surface area contributed by atoms with Crippen LogP contribution in [0.2, 0.25) is 0 Å². The average molecular weight is 239 g/mol. The van der Waals surface area contributed by atoms with Crippen LogP contribution >= 0.6 is 0 Å². The third-order valence-electron chi connectivity index (χ3n) is 3.05. The Morgan fingerprint density at radius 1 is 1.17 bits per heavy atom. The second kappa shape index (κ2) is 3.88. The van der Waals surface area contributed by atoms with Gasteiger partial charge in [0, 0.05) is 28.7 Å². The molecule has 0 aliphatic carbocycles. The maximum absolute atomic E-state index is 11.0. The van der Waals surface area contributed by atoms with Crippen molar-refractivity contribution in [1.29, 1.82) is 0 Å². The Morgan fingerprint density at radius 3 is 2.72 bits per heavy atom. The highest BCUT2D eigenvalue weighted by Gasteiger charge is 2.09. The monoisotopic (exact) mass is 239 g/mol. The number of hydrogen-bond acceptors (Lipinski definition) is 2. The minimum atomic E-state index is -0.298. The lowest BCUT2D eigenvalue weighted by Crippen LogP contribution is -2.01. The number of hydrogen-bond donors (Lipinski definition) is 1. The predicted octanol–water partition coefficient (Wildman–Crippen LogP) is 3.55. The molecule has 0 radical (unpaired) electrons. The van der Waals surface area contributed by atoms with Crippen LogP contribution in [0.4, 0.5) is 0 Å². The summed E-state index contributed by atoms with van der Waals surface area (Å²) in [6.45, 7) is 3.42. The Kier molecular flexibility index (Phi) is 2.33. The van der Waals surface area contributed by atoms with E-state index < -0.39 is 0 Å². The van der Waals surface area contributed by atoms with Crippen LogP contribution < -0.4 is 4.74 Å². The average Bonchev–Trinajstić information content (AvgIpc) is 2.68. The molecule has 3 heteroatoms. The van der Waals surface area contributed by atoms with Crippen molar-refractivity contribution in [2.75, 3.05) is 0 Å². The second-order valence-corrected chi connectivity index (χ2v) is 4.43. The van der Waals surface area contributed by atoms with Gasteiger partial charge in [0.05, 0.1) is 0 Å². The van der Waals surface area contributed by atoms with Crippen LogP contribution in [0.15, 0.2) is 36.4 Å². The molecule has 0 fully saturated rings. The van der Waals surface area contributed by atoms with Gasteiger partial charge in [0.1, 0.15) is 5.75 Å². The molecule has 3 rings (SSSR count). The standard InChI is InChI=1S/C15H13NO2/c1-9-7-11(18-10(2)17)8-13-12-5-3-4-6-14(12)16-15(9)13/h3-8,16H,1-2H3. The normalized spacial score (nSPS) is 11.0. The van der Waals surface area contributed by atoms with E-state index in [9.17, 15) is 4.79 Å². The van der Waals surface area contributed by atoms with Crippen molar-refractivity contribution in [1.82, 2.24) is 4.98 Å². The molecule has 1 heterocycles. The maximum atomic E-state index is 11.0. The third kappa shape index (κ3) is 1.64. The summed E-state index contributed by atoms with van der Waals surface area (Å²) in [6.07, 6.45) is 0. The summed E-state index contributed by atoms with van der Waals surface area (Å²) in [6, 6.07) is 11.9. The van der Waals surface area contributed by atoms with Crippen molar-refractivity contribution in [2.45, 2.75) is 13.8 Å². The van der Waals surface area contributed by atoms with Gasteiger partial charge < -0.3 is 9.72 Å². The molecule has 2 aromatic carbocycles. The van der Waals surface area contributed by atoms with E-state index in [0.29, 0.717) is 5.75 Å². The number of rotatable bonds is 1. The predicted molar refractivity (Wildman–Crippen MR) is 71.9 cm³/mol. The van der Waals surface area contributed by atoms with Gasteiger partial charge in [0.2, 0.25) is 0 Å². The van der Waals surface area contributed by atoms with Gasteiger partial charge in [-0.3, -0.25) is 4.79 Å². The molecule has 3 aromatic rings. The van der Waals surface area contributed by atoms with Crippen LogP contribution in [0.1, 0.15) is 12.5 Å². The lowest BCUT2D eigenvalue weighted by molar-refractivity contribution is -0.131. The highest BCUT2D eigenvalue weighted by Crippen LogP contribution is 2.31. The van der Waals surface area contributed by atoms with Crippen LogP contribution in [-0.2, 0) is 4.79 Å². The fourth-order valence-corrected chi connectivity index (χ4v) is 2.32. The number of aromatic amines is 1. The van der Waals surface area contributed by atoms with E-state index in [2.05, 4.69) is 11.1 Å². The number of benzene rings is 2. The molecular weight excluding hydrogens is 226 g/mol. The first-order chi connectivity index (χ1) is 8.65. The van der Waals surface area contributed by atoms with Crippen LogP contribution in [0.3, 0.4) is 0 Å². The van der Waals surface area contributed by atoms with Gasteiger partial charge in [0.25, 0.3) is 0 Å². The largest absolute Gasteiger partial charge is 0.427 e. The first-order valence-electron chi connectivity index (χ1n) is 5.84. The molecular formula is C15H13NO2. The zero-order valence-corrected chi connectivity index (χ0v) is 10.3. The summed E-state index contributed by atoms with van der Waals surface area (Å²) in [4.78, 5) is 14.4. The van der Waals surface area contributed by atoms with E-state index in [0.717, 1.165) is 27.4 Å². The topological polar surface area (TPSA) is 42.1 Å². The minimum Gasteiger partial charge on any atom is -0.427 e. The number of fused-ring (bicyclic) bond motifs is 3. The third-order valence-corrected chi connectivity index (χ3v) is 3.05. The quantitative estimate of drug-likeness (QED) is 0.521. The molecule has 1 N–H and O–H groups in total. The molecule has 0 bridgehead atoms. The van der Waals surface area contributed by atoms with Crippen molar-refractivity contribution in [3.63, 3.8) is 0 Å². The second-order valence-electron chi connectivity index (χ2n) is 4.43. The van der Waals surface area contributed by atoms with Crippen LogP contribution in [0, 0.1) is 6.92 Å². The van der Waals surface area contributed by atoms with Crippen molar-refractivity contribution in [3.05, 3.63) is 42.0 Å². The van der Waals surface area contributed by atoms with Gasteiger partial charge in [-0.25, -0.2) is 0 Å². The van der Waals surface area contributed by atoms with Crippen molar-refractivity contribution in [3.8, 4) is 5.75 Å².